The van der Waals surface area contributed by atoms with E-state index in [9.17, 15) is 4.79 Å². The number of benzene rings is 3. The Morgan fingerprint density at radius 1 is 1.03 bits per heavy atom. The van der Waals surface area contributed by atoms with Crippen LogP contribution in [0.5, 0.6) is 0 Å². The van der Waals surface area contributed by atoms with Gasteiger partial charge in [-0.15, -0.1) is 0 Å². The van der Waals surface area contributed by atoms with E-state index in [4.69, 9.17) is 0 Å². The van der Waals surface area contributed by atoms with E-state index in [1.807, 2.05) is 7.05 Å². The first-order valence-corrected chi connectivity index (χ1v) is 11.8. The second kappa shape index (κ2) is 9.90. The van der Waals surface area contributed by atoms with Crippen LogP contribution < -0.4 is 10.6 Å². The van der Waals surface area contributed by atoms with Gasteiger partial charge in [-0.2, -0.15) is 0 Å². The minimum Gasteiger partial charge on any atom is -0.333 e. The standard InChI is InChI=1S/C28H30N2O.CH5N/c1-19-16-21-14-15-29(2)25-13-12-23-22(20-8-5-4-6-9-20)10-7-11-24(23)28(25)27(21)26(17-19)30(3)18-31;1-2/h4-11,16-18,25,28H,12-15H2,1-3H3;2H2,1H3/t25?,28-;/m0./s1. The van der Waals surface area contributed by atoms with Gasteiger partial charge in [-0.25, -0.2) is 0 Å². The number of carbonyl (C=O) groups excluding carboxylic acids is 1. The molecule has 0 aromatic heterocycles. The Hall–Kier alpha value is -2.95. The van der Waals surface area contributed by atoms with Crippen LogP contribution in [0, 0.1) is 6.92 Å². The number of hydrogen-bond acceptors (Lipinski definition) is 3. The third-order valence-electron chi connectivity index (χ3n) is 7.24. The molecule has 3 aromatic rings. The van der Waals surface area contributed by atoms with Gasteiger partial charge < -0.3 is 15.5 Å². The Morgan fingerprint density at radius 3 is 2.52 bits per heavy atom. The highest BCUT2D eigenvalue weighted by Crippen LogP contribution is 2.47. The fourth-order valence-corrected chi connectivity index (χ4v) is 5.78. The minimum absolute atomic E-state index is 0.271. The molecule has 4 nitrogen and oxygen atoms in total. The van der Waals surface area contributed by atoms with Crippen molar-refractivity contribution in [1.82, 2.24) is 4.90 Å². The van der Waals surface area contributed by atoms with Gasteiger partial charge in [-0.05, 0) is 85.3 Å². The highest BCUT2D eigenvalue weighted by Gasteiger charge is 2.39. The van der Waals surface area contributed by atoms with Crippen LogP contribution in [0.25, 0.3) is 11.1 Å². The first-order valence-electron chi connectivity index (χ1n) is 11.8. The van der Waals surface area contributed by atoms with E-state index in [2.05, 4.69) is 85.3 Å². The largest absolute Gasteiger partial charge is 0.333 e. The topological polar surface area (TPSA) is 49.6 Å². The van der Waals surface area contributed by atoms with Gasteiger partial charge in [-0.3, -0.25) is 4.79 Å². The zero-order chi connectivity index (χ0) is 23.5. The highest BCUT2D eigenvalue weighted by molar-refractivity contribution is 5.79. The summed E-state index contributed by atoms with van der Waals surface area (Å²) in [6.45, 7) is 3.19. The van der Waals surface area contributed by atoms with Crippen molar-refractivity contribution in [3.63, 3.8) is 0 Å². The number of carbonyl (C=O) groups is 1. The molecule has 2 aliphatic rings. The quantitative estimate of drug-likeness (QED) is 0.596. The third-order valence-corrected chi connectivity index (χ3v) is 7.24. The number of nitrogens with two attached hydrogens (primary N) is 1. The lowest BCUT2D eigenvalue weighted by Gasteiger charge is -2.40. The first kappa shape index (κ1) is 23.2. The molecule has 1 aliphatic heterocycles. The summed E-state index contributed by atoms with van der Waals surface area (Å²) in [6.07, 6.45) is 4.19. The monoisotopic (exact) mass is 441 g/mol. The molecule has 2 atom stereocenters. The molecule has 0 radical (unpaired) electrons. The van der Waals surface area contributed by atoms with Gasteiger partial charge in [0.2, 0.25) is 6.41 Å². The molecule has 172 valence electrons. The molecule has 5 rings (SSSR count). The molecule has 1 aliphatic carbocycles. The first-order chi connectivity index (χ1) is 16.1. The maximum absolute atomic E-state index is 11.8. The Labute approximate surface area is 198 Å². The van der Waals surface area contributed by atoms with Crippen LogP contribution in [-0.4, -0.2) is 45.0 Å². The van der Waals surface area contributed by atoms with Crippen LogP contribution in [0.15, 0.2) is 60.7 Å². The van der Waals surface area contributed by atoms with E-state index in [0.29, 0.717) is 6.04 Å². The van der Waals surface area contributed by atoms with E-state index < -0.39 is 0 Å². The van der Waals surface area contributed by atoms with Gasteiger partial charge >= 0.3 is 0 Å². The van der Waals surface area contributed by atoms with E-state index in [1.54, 1.807) is 4.90 Å². The van der Waals surface area contributed by atoms with Crippen molar-refractivity contribution < 1.29 is 4.79 Å². The summed E-state index contributed by atoms with van der Waals surface area (Å²) >= 11 is 0. The number of fused-ring (bicyclic) bond motifs is 5. The van der Waals surface area contributed by atoms with Gasteiger partial charge in [0, 0.05) is 31.2 Å². The second-order valence-electron chi connectivity index (χ2n) is 9.13. The fraction of sp³-hybridized carbons (Fsp3) is 0.345. The normalized spacial score (nSPS) is 19.2. The Morgan fingerprint density at radius 2 is 1.79 bits per heavy atom. The molecule has 0 saturated heterocycles. The average Bonchev–Trinajstić information content (AvgIpc) is 3.01. The van der Waals surface area contributed by atoms with E-state index >= 15 is 0 Å². The lowest BCUT2D eigenvalue weighted by molar-refractivity contribution is -0.107. The minimum atomic E-state index is 0.271. The molecule has 2 N–H and O–H groups in total. The number of hydrogen-bond donors (Lipinski definition) is 1. The second-order valence-corrected chi connectivity index (χ2v) is 9.13. The summed E-state index contributed by atoms with van der Waals surface area (Å²) in [6, 6.07) is 22.5. The van der Waals surface area contributed by atoms with Crippen molar-refractivity contribution in [2.45, 2.75) is 38.1 Å². The summed E-state index contributed by atoms with van der Waals surface area (Å²) < 4.78 is 0. The van der Waals surface area contributed by atoms with E-state index in [1.165, 1.54) is 46.0 Å². The van der Waals surface area contributed by atoms with Gasteiger partial charge in [0.15, 0.2) is 0 Å². The molecule has 33 heavy (non-hydrogen) atoms. The third kappa shape index (κ3) is 4.21. The van der Waals surface area contributed by atoms with Gasteiger partial charge in [0.1, 0.15) is 0 Å². The van der Waals surface area contributed by atoms with Gasteiger partial charge in [0.25, 0.3) is 0 Å². The van der Waals surface area contributed by atoms with E-state index in [-0.39, 0.29) is 5.92 Å². The van der Waals surface area contributed by atoms with E-state index in [0.717, 1.165) is 37.9 Å². The Kier molecular flexibility index (Phi) is 6.96. The van der Waals surface area contributed by atoms with Crippen molar-refractivity contribution in [2.75, 3.05) is 32.6 Å². The maximum atomic E-state index is 11.8. The number of rotatable bonds is 3. The van der Waals surface area contributed by atoms with Gasteiger partial charge in [0.05, 0.1) is 0 Å². The molecule has 0 fully saturated rings. The van der Waals surface area contributed by atoms with Crippen LogP contribution in [-0.2, 0) is 17.6 Å². The molecule has 0 bridgehead atoms. The van der Waals surface area contributed by atoms with Gasteiger partial charge in [-0.1, -0.05) is 54.6 Å². The van der Waals surface area contributed by atoms with Crippen LogP contribution in [0.3, 0.4) is 0 Å². The summed E-state index contributed by atoms with van der Waals surface area (Å²) in [5, 5.41) is 0. The number of amides is 1. The average molecular weight is 442 g/mol. The van der Waals surface area contributed by atoms with Crippen molar-refractivity contribution in [3.05, 3.63) is 88.5 Å². The molecule has 1 amide bonds. The zero-order valence-electron chi connectivity index (χ0n) is 20.2. The van der Waals surface area contributed by atoms with Crippen LogP contribution in [0.4, 0.5) is 5.69 Å². The number of aryl methyl sites for hydroxylation is 1. The number of nitrogens with zero attached hydrogens (tertiary/aromatic N) is 2. The lowest BCUT2D eigenvalue weighted by atomic mass is 9.72. The molecule has 3 aromatic carbocycles. The Bertz CT molecular complexity index is 1130. The SMILES string of the molecule is CN.Cc1cc2c(c(N(C)C=O)c1)[C@H]1c3cccc(-c4ccccc4)c3CCC1N(C)CC2. The molecular formula is C29H35N3O. The lowest BCUT2D eigenvalue weighted by Crippen LogP contribution is -2.40. The molecule has 1 heterocycles. The summed E-state index contributed by atoms with van der Waals surface area (Å²) in [5.74, 6) is 0.271. The zero-order valence-corrected chi connectivity index (χ0v) is 20.2. The molecule has 1 unspecified atom stereocenters. The maximum Gasteiger partial charge on any atom is 0.213 e. The Balaban J connectivity index is 0.00000126. The van der Waals surface area contributed by atoms with Crippen LogP contribution in [0.2, 0.25) is 0 Å². The summed E-state index contributed by atoms with van der Waals surface area (Å²) in [4.78, 5) is 16.1. The fourth-order valence-electron chi connectivity index (χ4n) is 5.78. The van der Waals surface area contributed by atoms with Crippen LogP contribution >= 0.6 is 0 Å². The summed E-state index contributed by atoms with van der Waals surface area (Å²) in [5.41, 5.74) is 15.1. The molecule has 4 heteroatoms. The molecular weight excluding hydrogens is 406 g/mol. The number of anilines is 1. The van der Waals surface area contributed by atoms with Crippen LogP contribution in [0.1, 0.15) is 40.2 Å². The predicted octanol–water partition coefficient (Wildman–Crippen LogP) is 4.76. The number of likely N-dealkylation sites (N-methyl/N-ethyl adjacent to an activating group) is 1. The molecule has 0 saturated carbocycles. The molecule has 0 spiro atoms. The van der Waals surface area contributed by atoms with Crippen molar-refractivity contribution in [3.8, 4) is 11.1 Å². The summed E-state index contributed by atoms with van der Waals surface area (Å²) in [7, 11) is 5.65. The highest BCUT2D eigenvalue weighted by atomic mass is 16.1. The van der Waals surface area contributed by atoms with Crippen molar-refractivity contribution in [2.24, 2.45) is 5.73 Å². The predicted molar refractivity (Wildman–Crippen MR) is 138 cm³/mol. The smallest absolute Gasteiger partial charge is 0.213 e. The van der Waals surface area contributed by atoms with Crippen molar-refractivity contribution >= 4 is 12.1 Å². The van der Waals surface area contributed by atoms with Crippen molar-refractivity contribution in [1.29, 1.82) is 0 Å².